The lowest BCUT2D eigenvalue weighted by Gasteiger charge is -2.11. The predicted molar refractivity (Wildman–Crippen MR) is 79.3 cm³/mol. The number of hydrogen-bond acceptors (Lipinski definition) is 3. The van der Waals surface area contributed by atoms with E-state index in [1.165, 1.54) is 0 Å². The van der Waals surface area contributed by atoms with E-state index in [0.29, 0.717) is 0 Å². The van der Waals surface area contributed by atoms with E-state index < -0.39 is 0 Å². The maximum Gasteiger partial charge on any atom is 0.134 e. The number of aryl methyl sites for hydroxylation is 1. The lowest BCUT2D eigenvalue weighted by Crippen LogP contribution is -1.90. The lowest BCUT2D eigenvalue weighted by molar-refractivity contribution is 0.479. The van der Waals surface area contributed by atoms with Crippen LogP contribution in [0.5, 0.6) is 5.75 Å². The Balaban J connectivity index is 2.22. The molecule has 0 unspecified atom stereocenters. The summed E-state index contributed by atoms with van der Waals surface area (Å²) in [6, 6.07) is 15.2. The molecule has 0 fully saturated rings. The van der Waals surface area contributed by atoms with Gasteiger partial charge in [0, 0.05) is 23.5 Å². The molecule has 0 amide bonds. The van der Waals surface area contributed by atoms with Crippen molar-refractivity contribution in [2.24, 2.45) is 0 Å². The third-order valence-corrected chi connectivity index (χ3v) is 3.14. The van der Waals surface area contributed by atoms with Gasteiger partial charge in [-0.05, 0) is 48.9 Å². The van der Waals surface area contributed by atoms with E-state index in [9.17, 15) is 5.11 Å². The van der Waals surface area contributed by atoms with Crippen LogP contribution in [0.15, 0.2) is 60.9 Å². The average molecular weight is 262 g/mol. The van der Waals surface area contributed by atoms with Crippen LogP contribution in [0.4, 0.5) is 0 Å². The fraction of sp³-hybridized carbons (Fsp3) is 0.0588. The highest BCUT2D eigenvalue weighted by atomic mass is 16.3. The molecule has 0 spiro atoms. The van der Waals surface area contributed by atoms with Crippen LogP contribution in [0.1, 0.15) is 5.56 Å². The van der Waals surface area contributed by atoms with Gasteiger partial charge in [-0.1, -0.05) is 12.1 Å². The van der Waals surface area contributed by atoms with Crippen LogP contribution in [0.3, 0.4) is 0 Å². The van der Waals surface area contributed by atoms with Crippen LogP contribution in [0.25, 0.3) is 22.5 Å². The average Bonchev–Trinajstić information content (AvgIpc) is 2.51. The van der Waals surface area contributed by atoms with Crippen LogP contribution >= 0.6 is 0 Å². The predicted octanol–water partition coefficient (Wildman–Crippen LogP) is 3.82. The zero-order valence-corrected chi connectivity index (χ0v) is 11.1. The molecule has 1 aromatic carbocycles. The Morgan fingerprint density at radius 3 is 1.70 bits per heavy atom. The summed E-state index contributed by atoms with van der Waals surface area (Å²) in [4.78, 5) is 8.61. The normalized spacial score (nSPS) is 10.4. The highest BCUT2D eigenvalue weighted by Gasteiger charge is 2.13. The smallest absolute Gasteiger partial charge is 0.134 e. The maximum absolute atomic E-state index is 10.5. The van der Waals surface area contributed by atoms with Crippen LogP contribution in [-0.2, 0) is 0 Å². The summed E-state index contributed by atoms with van der Waals surface area (Å²) in [5.41, 5.74) is 4.03. The molecule has 3 heteroatoms. The number of hydrogen-bond donors (Lipinski definition) is 1. The SMILES string of the molecule is Cc1cc(-c2ccccn2)c(O)c(-c2ccccn2)c1. The minimum Gasteiger partial charge on any atom is -0.507 e. The van der Waals surface area contributed by atoms with Gasteiger partial charge in [-0.2, -0.15) is 0 Å². The quantitative estimate of drug-likeness (QED) is 0.763. The zero-order valence-electron chi connectivity index (χ0n) is 11.1. The van der Waals surface area contributed by atoms with E-state index in [0.717, 1.165) is 28.1 Å². The van der Waals surface area contributed by atoms with Gasteiger partial charge in [0.1, 0.15) is 5.75 Å². The Morgan fingerprint density at radius 2 is 1.30 bits per heavy atom. The molecule has 0 saturated carbocycles. The molecule has 3 nitrogen and oxygen atoms in total. The Kier molecular flexibility index (Phi) is 3.17. The summed E-state index contributed by atoms with van der Waals surface area (Å²) < 4.78 is 0. The molecule has 0 atom stereocenters. The number of pyridine rings is 2. The number of aromatic nitrogens is 2. The van der Waals surface area contributed by atoms with Gasteiger partial charge in [0.25, 0.3) is 0 Å². The number of rotatable bonds is 2. The Morgan fingerprint density at radius 1 is 0.800 bits per heavy atom. The van der Waals surface area contributed by atoms with Gasteiger partial charge in [0.2, 0.25) is 0 Å². The van der Waals surface area contributed by atoms with Crippen molar-refractivity contribution in [3.63, 3.8) is 0 Å². The number of nitrogens with zero attached hydrogens (tertiary/aromatic N) is 2. The highest BCUT2D eigenvalue weighted by Crippen LogP contribution is 2.37. The second kappa shape index (κ2) is 5.13. The van der Waals surface area contributed by atoms with Crippen LogP contribution < -0.4 is 0 Å². The van der Waals surface area contributed by atoms with Crippen LogP contribution in [-0.4, -0.2) is 15.1 Å². The Hall–Kier alpha value is -2.68. The van der Waals surface area contributed by atoms with Gasteiger partial charge in [0.05, 0.1) is 11.4 Å². The first-order valence-corrected chi connectivity index (χ1v) is 6.42. The van der Waals surface area contributed by atoms with Crippen LogP contribution in [0.2, 0.25) is 0 Å². The van der Waals surface area contributed by atoms with E-state index in [1.54, 1.807) is 12.4 Å². The summed E-state index contributed by atoms with van der Waals surface area (Å²) in [6.07, 6.45) is 3.44. The second-order valence-electron chi connectivity index (χ2n) is 4.64. The molecular weight excluding hydrogens is 248 g/mol. The molecule has 2 aromatic heterocycles. The summed E-state index contributed by atoms with van der Waals surface area (Å²) in [6.45, 7) is 2.00. The molecule has 0 aliphatic carbocycles. The Labute approximate surface area is 117 Å². The molecule has 3 rings (SSSR count). The summed E-state index contributed by atoms with van der Waals surface area (Å²) in [7, 11) is 0. The maximum atomic E-state index is 10.5. The van der Waals surface area contributed by atoms with Gasteiger partial charge in [-0.15, -0.1) is 0 Å². The molecular formula is C17H14N2O. The number of aromatic hydroxyl groups is 1. The van der Waals surface area contributed by atoms with E-state index in [-0.39, 0.29) is 5.75 Å². The standard InChI is InChI=1S/C17H14N2O/c1-12-10-13(15-6-2-4-8-18-15)17(20)14(11-12)16-7-3-5-9-19-16/h2-11,20H,1H3. The molecule has 0 bridgehead atoms. The third kappa shape index (κ3) is 2.26. The third-order valence-electron chi connectivity index (χ3n) is 3.14. The molecule has 2 heterocycles. The zero-order chi connectivity index (χ0) is 13.9. The minimum absolute atomic E-state index is 0.216. The minimum atomic E-state index is 0.216. The van der Waals surface area contributed by atoms with Gasteiger partial charge in [-0.3, -0.25) is 9.97 Å². The van der Waals surface area contributed by atoms with Crippen molar-refractivity contribution >= 4 is 0 Å². The van der Waals surface area contributed by atoms with Gasteiger partial charge in [-0.25, -0.2) is 0 Å². The summed E-state index contributed by atoms with van der Waals surface area (Å²) in [5.74, 6) is 0.216. The van der Waals surface area contributed by atoms with Crippen molar-refractivity contribution in [3.05, 3.63) is 66.5 Å². The van der Waals surface area contributed by atoms with Crippen molar-refractivity contribution in [3.8, 4) is 28.3 Å². The summed E-state index contributed by atoms with van der Waals surface area (Å²) in [5, 5.41) is 10.5. The van der Waals surface area contributed by atoms with Gasteiger partial charge >= 0.3 is 0 Å². The van der Waals surface area contributed by atoms with Crippen molar-refractivity contribution in [1.82, 2.24) is 9.97 Å². The molecule has 3 aromatic rings. The Bertz CT molecular complexity index is 664. The molecule has 0 aliphatic rings. The molecule has 98 valence electrons. The molecule has 1 N–H and O–H groups in total. The van der Waals surface area contributed by atoms with Crippen molar-refractivity contribution in [2.75, 3.05) is 0 Å². The lowest BCUT2D eigenvalue weighted by atomic mass is 9.99. The first-order chi connectivity index (χ1) is 9.75. The number of phenols is 1. The van der Waals surface area contributed by atoms with Gasteiger partial charge in [0.15, 0.2) is 0 Å². The molecule has 0 saturated heterocycles. The molecule has 0 aliphatic heterocycles. The van der Waals surface area contributed by atoms with Crippen molar-refractivity contribution < 1.29 is 5.11 Å². The largest absolute Gasteiger partial charge is 0.507 e. The fourth-order valence-corrected chi connectivity index (χ4v) is 2.21. The van der Waals surface area contributed by atoms with Crippen LogP contribution in [0, 0.1) is 6.92 Å². The van der Waals surface area contributed by atoms with Crippen molar-refractivity contribution in [1.29, 1.82) is 0 Å². The van der Waals surface area contributed by atoms with Crippen molar-refractivity contribution in [2.45, 2.75) is 6.92 Å². The second-order valence-corrected chi connectivity index (χ2v) is 4.64. The topological polar surface area (TPSA) is 46.0 Å². The van der Waals surface area contributed by atoms with Gasteiger partial charge < -0.3 is 5.11 Å². The van der Waals surface area contributed by atoms with E-state index in [2.05, 4.69) is 9.97 Å². The number of phenolic OH excluding ortho intramolecular Hbond substituents is 1. The number of benzene rings is 1. The van der Waals surface area contributed by atoms with E-state index in [1.807, 2.05) is 55.5 Å². The fourth-order valence-electron chi connectivity index (χ4n) is 2.21. The van der Waals surface area contributed by atoms with E-state index >= 15 is 0 Å². The first-order valence-electron chi connectivity index (χ1n) is 6.42. The van der Waals surface area contributed by atoms with E-state index in [4.69, 9.17) is 0 Å². The molecule has 20 heavy (non-hydrogen) atoms. The summed E-state index contributed by atoms with van der Waals surface area (Å²) >= 11 is 0. The highest BCUT2D eigenvalue weighted by molar-refractivity contribution is 5.80. The monoisotopic (exact) mass is 262 g/mol. The molecule has 0 radical (unpaired) electrons. The first kappa shape index (κ1) is 12.4.